The van der Waals surface area contributed by atoms with Crippen molar-refractivity contribution in [3.05, 3.63) is 0 Å². The van der Waals surface area contributed by atoms with Crippen LogP contribution < -0.4 is 0 Å². The van der Waals surface area contributed by atoms with E-state index in [1.54, 1.807) is 4.90 Å². The molecule has 0 aromatic heterocycles. The Morgan fingerprint density at radius 3 is 2.67 bits per heavy atom. The quantitative estimate of drug-likeness (QED) is 0.782. The van der Waals surface area contributed by atoms with Crippen molar-refractivity contribution in [3.63, 3.8) is 0 Å². The number of likely N-dealkylation sites (tertiary alicyclic amines) is 1. The molecule has 1 N–H and O–H groups in total. The molecule has 2 atom stereocenters. The van der Waals surface area contributed by atoms with Crippen LogP contribution in [-0.4, -0.2) is 39.8 Å². The molecule has 0 radical (unpaired) electrons. The summed E-state index contributed by atoms with van der Waals surface area (Å²) >= 11 is 3.34. The zero-order chi connectivity index (χ0) is 11.0. The SMILES string of the molecule is O=C(O)[C@H](C1CC1)N1CC(CBr)CC1=O. The van der Waals surface area contributed by atoms with Crippen molar-refractivity contribution < 1.29 is 14.7 Å². The van der Waals surface area contributed by atoms with Crippen molar-refractivity contribution in [1.82, 2.24) is 4.90 Å². The molecule has 1 saturated carbocycles. The Labute approximate surface area is 96.8 Å². The predicted octanol–water partition coefficient (Wildman–Crippen LogP) is 1.09. The van der Waals surface area contributed by atoms with E-state index in [-0.39, 0.29) is 17.7 Å². The van der Waals surface area contributed by atoms with Gasteiger partial charge in [0.25, 0.3) is 0 Å². The topological polar surface area (TPSA) is 57.6 Å². The smallest absolute Gasteiger partial charge is 0.326 e. The van der Waals surface area contributed by atoms with Crippen LogP contribution in [0.1, 0.15) is 19.3 Å². The molecule has 1 unspecified atom stereocenters. The van der Waals surface area contributed by atoms with Crippen LogP contribution in [0.15, 0.2) is 0 Å². The fraction of sp³-hybridized carbons (Fsp3) is 0.800. The summed E-state index contributed by atoms with van der Waals surface area (Å²) in [6.07, 6.45) is 2.38. The predicted molar refractivity (Wildman–Crippen MR) is 57.8 cm³/mol. The molecule has 4 nitrogen and oxygen atoms in total. The van der Waals surface area contributed by atoms with Gasteiger partial charge < -0.3 is 10.0 Å². The van der Waals surface area contributed by atoms with Gasteiger partial charge in [-0.1, -0.05) is 15.9 Å². The first-order valence-electron chi connectivity index (χ1n) is 5.21. The summed E-state index contributed by atoms with van der Waals surface area (Å²) in [5.74, 6) is -0.376. The van der Waals surface area contributed by atoms with Crippen molar-refractivity contribution in [2.24, 2.45) is 11.8 Å². The zero-order valence-electron chi connectivity index (χ0n) is 8.36. The standard InChI is InChI=1S/C10H14BrNO3/c11-4-6-3-8(13)12(5-6)9(10(14)15)7-1-2-7/h6-7,9H,1-5H2,(H,14,15)/t6?,9-/m0/s1. The van der Waals surface area contributed by atoms with Crippen molar-refractivity contribution >= 4 is 27.8 Å². The molecule has 1 aliphatic carbocycles. The molecule has 0 bridgehead atoms. The highest BCUT2D eigenvalue weighted by atomic mass is 79.9. The molecular weight excluding hydrogens is 262 g/mol. The molecule has 0 aromatic carbocycles. The van der Waals surface area contributed by atoms with Crippen molar-refractivity contribution in [2.45, 2.75) is 25.3 Å². The molecular formula is C10H14BrNO3. The number of hydrogen-bond acceptors (Lipinski definition) is 2. The van der Waals surface area contributed by atoms with E-state index in [0.29, 0.717) is 13.0 Å². The number of nitrogens with zero attached hydrogens (tertiary/aromatic N) is 1. The van der Waals surface area contributed by atoms with Gasteiger partial charge in [-0.05, 0) is 24.7 Å². The van der Waals surface area contributed by atoms with E-state index in [4.69, 9.17) is 5.11 Å². The van der Waals surface area contributed by atoms with Crippen LogP contribution in [0, 0.1) is 11.8 Å². The molecule has 84 valence electrons. The van der Waals surface area contributed by atoms with Crippen LogP contribution >= 0.6 is 15.9 Å². The lowest BCUT2D eigenvalue weighted by molar-refractivity contribution is -0.149. The molecule has 0 aromatic rings. The molecule has 15 heavy (non-hydrogen) atoms. The van der Waals surface area contributed by atoms with Gasteiger partial charge in [0.2, 0.25) is 5.91 Å². The normalized spacial score (nSPS) is 28.2. The molecule has 1 saturated heterocycles. The molecule has 2 aliphatic rings. The number of aliphatic carboxylic acids is 1. The van der Waals surface area contributed by atoms with Crippen LogP contribution in [0.4, 0.5) is 0 Å². The molecule has 2 rings (SSSR count). The Balaban J connectivity index is 2.07. The summed E-state index contributed by atoms with van der Waals surface area (Å²) in [5.41, 5.74) is 0. The van der Waals surface area contributed by atoms with Gasteiger partial charge in [0.15, 0.2) is 0 Å². The van der Waals surface area contributed by atoms with E-state index in [9.17, 15) is 9.59 Å². The first-order valence-corrected chi connectivity index (χ1v) is 6.34. The maximum atomic E-state index is 11.7. The number of alkyl halides is 1. The van der Waals surface area contributed by atoms with E-state index >= 15 is 0 Å². The average Bonchev–Trinajstić information content (AvgIpc) is 2.92. The second-order valence-corrected chi connectivity index (χ2v) is 5.04. The maximum Gasteiger partial charge on any atom is 0.326 e. The third-order valence-electron chi connectivity index (χ3n) is 3.11. The van der Waals surface area contributed by atoms with Gasteiger partial charge in [0.1, 0.15) is 6.04 Å². The minimum absolute atomic E-state index is 0.00116. The number of halogens is 1. The van der Waals surface area contributed by atoms with Crippen molar-refractivity contribution in [1.29, 1.82) is 0 Å². The zero-order valence-corrected chi connectivity index (χ0v) is 9.94. The van der Waals surface area contributed by atoms with Crippen LogP contribution in [0.2, 0.25) is 0 Å². The number of carbonyl (C=O) groups is 2. The lowest BCUT2D eigenvalue weighted by Crippen LogP contribution is -2.43. The highest BCUT2D eigenvalue weighted by Gasteiger charge is 2.45. The average molecular weight is 276 g/mol. The van der Waals surface area contributed by atoms with Crippen molar-refractivity contribution in [3.8, 4) is 0 Å². The lowest BCUT2D eigenvalue weighted by atomic mass is 10.1. The van der Waals surface area contributed by atoms with Gasteiger partial charge in [-0.15, -0.1) is 0 Å². The Morgan fingerprint density at radius 2 is 2.27 bits per heavy atom. The second kappa shape index (κ2) is 4.12. The number of hydrogen-bond donors (Lipinski definition) is 1. The van der Waals surface area contributed by atoms with Gasteiger partial charge >= 0.3 is 5.97 Å². The molecule has 1 heterocycles. The van der Waals surface area contributed by atoms with E-state index < -0.39 is 12.0 Å². The summed E-state index contributed by atoms with van der Waals surface area (Å²) in [4.78, 5) is 24.3. The summed E-state index contributed by atoms with van der Waals surface area (Å²) < 4.78 is 0. The van der Waals surface area contributed by atoms with Crippen molar-refractivity contribution in [2.75, 3.05) is 11.9 Å². The second-order valence-electron chi connectivity index (χ2n) is 4.39. The summed E-state index contributed by atoms with van der Waals surface area (Å²) in [5, 5.41) is 9.89. The monoisotopic (exact) mass is 275 g/mol. The lowest BCUT2D eigenvalue weighted by Gasteiger charge is -2.24. The van der Waals surface area contributed by atoms with E-state index in [1.165, 1.54) is 0 Å². The minimum atomic E-state index is -0.846. The maximum absolute atomic E-state index is 11.7. The van der Waals surface area contributed by atoms with E-state index in [1.807, 2.05) is 0 Å². The van der Waals surface area contributed by atoms with Crippen LogP contribution in [0.25, 0.3) is 0 Å². The Morgan fingerprint density at radius 1 is 1.60 bits per heavy atom. The Bertz CT molecular complexity index is 290. The summed E-state index contributed by atoms with van der Waals surface area (Å²) in [7, 11) is 0. The highest BCUT2D eigenvalue weighted by molar-refractivity contribution is 9.09. The molecule has 5 heteroatoms. The van der Waals surface area contributed by atoms with Crippen LogP contribution in [0.5, 0.6) is 0 Å². The minimum Gasteiger partial charge on any atom is -0.480 e. The van der Waals surface area contributed by atoms with Gasteiger partial charge in [-0.25, -0.2) is 4.79 Å². The molecule has 2 fully saturated rings. The number of amides is 1. The Kier molecular flexibility index (Phi) is 3.00. The highest BCUT2D eigenvalue weighted by Crippen LogP contribution is 2.37. The van der Waals surface area contributed by atoms with E-state index in [0.717, 1.165) is 18.2 Å². The van der Waals surface area contributed by atoms with Gasteiger partial charge in [-0.3, -0.25) is 4.79 Å². The van der Waals surface area contributed by atoms with Gasteiger partial charge in [-0.2, -0.15) is 0 Å². The third kappa shape index (κ3) is 2.17. The number of carboxylic acid groups (broad SMARTS) is 1. The van der Waals surface area contributed by atoms with Gasteiger partial charge in [0.05, 0.1) is 0 Å². The largest absolute Gasteiger partial charge is 0.480 e. The van der Waals surface area contributed by atoms with Crippen LogP contribution in [0.3, 0.4) is 0 Å². The fourth-order valence-electron chi connectivity index (χ4n) is 2.18. The number of rotatable bonds is 4. The molecule has 0 spiro atoms. The number of carbonyl (C=O) groups excluding carboxylic acids is 1. The van der Waals surface area contributed by atoms with Crippen LogP contribution in [-0.2, 0) is 9.59 Å². The molecule has 1 aliphatic heterocycles. The first-order chi connectivity index (χ1) is 7.13. The molecule has 1 amide bonds. The summed E-state index contributed by atoms with van der Waals surface area (Å²) in [6.45, 7) is 0.595. The third-order valence-corrected chi connectivity index (χ3v) is 4.03. The number of carboxylic acids is 1. The Hall–Kier alpha value is -0.580. The van der Waals surface area contributed by atoms with Gasteiger partial charge in [0, 0.05) is 18.3 Å². The fourth-order valence-corrected chi connectivity index (χ4v) is 2.62. The first kappa shape index (κ1) is 10.9. The van der Waals surface area contributed by atoms with E-state index in [2.05, 4.69) is 15.9 Å². The summed E-state index contributed by atoms with van der Waals surface area (Å²) in [6, 6.07) is -0.568.